The van der Waals surface area contributed by atoms with Gasteiger partial charge in [-0.3, -0.25) is 9.89 Å². The molecule has 0 spiro atoms. The predicted molar refractivity (Wildman–Crippen MR) is 128 cm³/mol. The number of rotatable bonds is 6. The molecule has 0 radical (unpaired) electrons. The van der Waals surface area contributed by atoms with E-state index >= 15 is 0 Å². The highest BCUT2D eigenvalue weighted by Crippen LogP contribution is 2.34. The van der Waals surface area contributed by atoms with Crippen LogP contribution in [0.1, 0.15) is 58.3 Å². The summed E-state index contributed by atoms with van der Waals surface area (Å²) in [5, 5.41) is 8.03. The first-order valence-corrected chi connectivity index (χ1v) is 11.9. The van der Waals surface area contributed by atoms with Crippen LogP contribution in [-0.4, -0.2) is 73.3 Å². The molecule has 1 heterocycles. The summed E-state index contributed by atoms with van der Waals surface area (Å²) in [6, 6.07) is 0.580. The molecule has 3 aliphatic rings. The molecule has 1 aliphatic heterocycles. The van der Waals surface area contributed by atoms with E-state index in [1.54, 1.807) is 0 Å². The smallest absolute Gasteiger partial charge is 0.191 e. The highest BCUT2D eigenvalue weighted by Gasteiger charge is 2.38. The minimum Gasteiger partial charge on any atom is -0.379 e. The number of guanidine groups is 1. The minimum atomic E-state index is 0. The lowest BCUT2D eigenvalue weighted by Crippen LogP contribution is -2.56. The summed E-state index contributed by atoms with van der Waals surface area (Å²) in [7, 11) is 0. The molecule has 2 unspecified atom stereocenters. The first-order valence-electron chi connectivity index (χ1n) is 10.7. The lowest BCUT2D eigenvalue weighted by atomic mass is 9.80. The zero-order valence-corrected chi connectivity index (χ0v) is 20.3. The average Bonchev–Trinajstić information content (AvgIpc) is 3.15. The van der Waals surface area contributed by atoms with E-state index in [9.17, 15) is 0 Å². The average molecular weight is 511 g/mol. The van der Waals surface area contributed by atoms with E-state index in [0.29, 0.717) is 6.04 Å². The quantitative estimate of drug-likeness (QED) is 0.326. The summed E-state index contributed by atoms with van der Waals surface area (Å²) in [6.45, 7) is 7.89. The van der Waals surface area contributed by atoms with Gasteiger partial charge in [-0.2, -0.15) is 11.8 Å². The van der Waals surface area contributed by atoms with E-state index in [1.165, 1.54) is 51.4 Å². The second kappa shape index (κ2) is 12.1. The van der Waals surface area contributed by atoms with Crippen LogP contribution in [0.25, 0.3) is 0 Å². The molecule has 2 saturated carbocycles. The fraction of sp³-hybridized carbons (Fsp3) is 0.950. The van der Waals surface area contributed by atoms with Gasteiger partial charge in [-0.15, -0.1) is 24.0 Å². The fourth-order valence-corrected chi connectivity index (χ4v) is 5.64. The Morgan fingerprint density at radius 2 is 1.93 bits per heavy atom. The highest BCUT2D eigenvalue weighted by molar-refractivity contribution is 14.0. The van der Waals surface area contributed by atoms with Crippen LogP contribution >= 0.6 is 35.7 Å². The number of hydrogen-bond donors (Lipinski definition) is 2. The zero-order valence-electron chi connectivity index (χ0n) is 17.2. The Labute approximate surface area is 187 Å². The van der Waals surface area contributed by atoms with Crippen LogP contribution in [0.4, 0.5) is 0 Å². The molecular formula is C20H39IN4OS. The molecule has 7 heteroatoms. The number of morpholine rings is 1. The monoisotopic (exact) mass is 510 g/mol. The van der Waals surface area contributed by atoms with Gasteiger partial charge in [0.1, 0.15) is 0 Å². The largest absolute Gasteiger partial charge is 0.379 e. The van der Waals surface area contributed by atoms with Crippen LogP contribution in [0.3, 0.4) is 0 Å². The van der Waals surface area contributed by atoms with Gasteiger partial charge < -0.3 is 15.4 Å². The molecule has 158 valence electrons. The van der Waals surface area contributed by atoms with Crippen molar-refractivity contribution in [2.75, 3.05) is 45.6 Å². The lowest BCUT2D eigenvalue weighted by Gasteiger charge is -2.47. The maximum absolute atomic E-state index is 5.60. The Kier molecular flexibility index (Phi) is 10.5. The molecule has 0 bridgehead atoms. The number of halogens is 1. The summed E-state index contributed by atoms with van der Waals surface area (Å²) < 4.78 is 5.60. The third-order valence-corrected chi connectivity index (χ3v) is 7.50. The number of ether oxygens (including phenoxy) is 1. The van der Waals surface area contributed by atoms with E-state index in [4.69, 9.17) is 9.73 Å². The van der Waals surface area contributed by atoms with Crippen molar-refractivity contribution in [1.29, 1.82) is 0 Å². The minimum absolute atomic E-state index is 0. The van der Waals surface area contributed by atoms with E-state index in [2.05, 4.69) is 28.7 Å². The van der Waals surface area contributed by atoms with E-state index in [1.807, 2.05) is 11.8 Å². The second-order valence-electron chi connectivity index (χ2n) is 8.09. The normalized spacial score (nSPS) is 29.2. The van der Waals surface area contributed by atoms with Crippen molar-refractivity contribution < 1.29 is 4.74 Å². The van der Waals surface area contributed by atoms with Gasteiger partial charge in [0.15, 0.2) is 5.96 Å². The molecule has 0 aromatic carbocycles. The van der Waals surface area contributed by atoms with Crippen molar-refractivity contribution >= 4 is 41.7 Å². The van der Waals surface area contributed by atoms with Gasteiger partial charge in [0.05, 0.1) is 19.8 Å². The van der Waals surface area contributed by atoms with Crippen LogP contribution in [0, 0.1) is 0 Å². The maximum Gasteiger partial charge on any atom is 0.191 e. The third-order valence-electron chi connectivity index (χ3n) is 6.40. The first-order chi connectivity index (χ1) is 12.8. The summed E-state index contributed by atoms with van der Waals surface area (Å²) in [5.74, 6) is 1.03. The number of thioether (sulfide) groups is 1. The van der Waals surface area contributed by atoms with E-state index in [-0.39, 0.29) is 29.5 Å². The summed E-state index contributed by atoms with van der Waals surface area (Å²) in [6.07, 6.45) is 12.7. The topological polar surface area (TPSA) is 48.9 Å². The van der Waals surface area contributed by atoms with Gasteiger partial charge >= 0.3 is 0 Å². The van der Waals surface area contributed by atoms with Gasteiger partial charge in [-0.05, 0) is 45.3 Å². The Bertz CT molecular complexity index is 453. The van der Waals surface area contributed by atoms with Crippen LogP contribution in [0.2, 0.25) is 0 Å². The molecule has 0 aromatic rings. The molecule has 2 N–H and O–H groups in total. The molecular weight excluding hydrogens is 471 g/mol. The van der Waals surface area contributed by atoms with Gasteiger partial charge in [0.25, 0.3) is 0 Å². The van der Waals surface area contributed by atoms with Crippen LogP contribution < -0.4 is 10.6 Å². The van der Waals surface area contributed by atoms with Crippen molar-refractivity contribution in [3.05, 3.63) is 0 Å². The van der Waals surface area contributed by atoms with Gasteiger partial charge in [0, 0.05) is 36.5 Å². The number of hydrogen-bond acceptors (Lipinski definition) is 4. The molecule has 1 saturated heterocycles. The molecule has 5 nitrogen and oxygen atoms in total. The molecule has 27 heavy (non-hydrogen) atoms. The molecule has 3 fully saturated rings. The van der Waals surface area contributed by atoms with E-state index in [0.717, 1.165) is 50.6 Å². The molecule has 0 amide bonds. The lowest BCUT2D eigenvalue weighted by molar-refractivity contribution is -0.0333. The van der Waals surface area contributed by atoms with Crippen molar-refractivity contribution in [3.63, 3.8) is 0 Å². The van der Waals surface area contributed by atoms with Crippen molar-refractivity contribution in [2.45, 2.75) is 75.1 Å². The van der Waals surface area contributed by atoms with Crippen molar-refractivity contribution in [3.8, 4) is 0 Å². The summed E-state index contributed by atoms with van der Waals surface area (Å²) in [4.78, 5) is 7.79. The molecule has 2 atom stereocenters. The van der Waals surface area contributed by atoms with Gasteiger partial charge in [-0.25, -0.2) is 0 Å². The highest BCUT2D eigenvalue weighted by atomic mass is 127. The SMILES string of the molecule is CCNC(=NCC1(N2CCOCC2)CCCCC1)NC1CCC(SC)C1.I. The Morgan fingerprint density at radius 3 is 2.56 bits per heavy atom. The predicted octanol–water partition coefficient (Wildman–Crippen LogP) is 3.48. The van der Waals surface area contributed by atoms with Crippen molar-refractivity contribution in [1.82, 2.24) is 15.5 Å². The molecule has 3 rings (SSSR count). The molecule has 2 aliphatic carbocycles. The fourth-order valence-electron chi connectivity index (χ4n) is 4.85. The maximum atomic E-state index is 5.60. The Balaban J connectivity index is 0.00000261. The summed E-state index contributed by atoms with van der Waals surface area (Å²) in [5.41, 5.74) is 0.252. The van der Waals surface area contributed by atoms with Gasteiger partial charge in [0.2, 0.25) is 0 Å². The van der Waals surface area contributed by atoms with Crippen LogP contribution in [0.15, 0.2) is 4.99 Å². The second-order valence-corrected chi connectivity index (χ2v) is 9.23. The Hall–Kier alpha value is 0.270. The van der Waals surface area contributed by atoms with Crippen molar-refractivity contribution in [2.24, 2.45) is 4.99 Å². The third kappa shape index (κ3) is 6.64. The first kappa shape index (κ1) is 23.5. The Morgan fingerprint density at radius 1 is 1.19 bits per heavy atom. The van der Waals surface area contributed by atoms with E-state index < -0.39 is 0 Å². The summed E-state index contributed by atoms with van der Waals surface area (Å²) >= 11 is 2.01. The van der Waals surface area contributed by atoms with Gasteiger partial charge in [-0.1, -0.05) is 19.3 Å². The number of nitrogens with zero attached hydrogens (tertiary/aromatic N) is 2. The number of nitrogens with one attached hydrogen (secondary N) is 2. The number of aliphatic imine (C=N–C) groups is 1. The van der Waals surface area contributed by atoms with Crippen LogP contribution in [-0.2, 0) is 4.74 Å². The van der Waals surface area contributed by atoms with Crippen LogP contribution in [0.5, 0.6) is 0 Å². The standard InChI is InChI=1S/C20H38N4OS.HI/c1-3-21-19(23-17-7-8-18(15-17)26-2)22-16-20(9-5-4-6-10-20)24-11-13-25-14-12-24;/h17-18H,3-16H2,1-2H3,(H2,21,22,23);1H. The molecule has 0 aromatic heterocycles. The zero-order chi connectivity index (χ0) is 18.2.